The minimum atomic E-state index is -0.574. The molecule has 2 aliphatic heterocycles. The van der Waals surface area contributed by atoms with E-state index in [9.17, 15) is 14.4 Å². The molecule has 1 aromatic rings. The van der Waals surface area contributed by atoms with Gasteiger partial charge in [-0.1, -0.05) is 55.5 Å². The fourth-order valence-electron chi connectivity index (χ4n) is 3.36. The Labute approximate surface area is 155 Å². The standard InChI is InChI=1S/C18H21IN2O3/c1-18(2,3)9-10-4-5-11-12(8-10)17(24)21(15(11)19)13-6-7-14(22)20-16(13)23/h4-5,8,13,15H,6-7,9H2,1-3H3,(H,20,22,23). The van der Waals surface area contributed by atoms with Gasteiger partial charge in [0.1, 0.15) is 10.1 Å². The van der Waals surface area contributed by atoms with Crippen molar-refractivity contribution in [2.45, 2.75) is 50.1 Å². The van der Waals surface area contributed by atoms with Crippen molar-refractivity contribution in [3.05, 3.63) is 34.9 Å². The molecule has 0 radical (unpaired) electrons. The van der Waals surface area contributed by atoms with Gasteiger partial charge in [-0.3, -0.25) is 19.7 Å². The van der Waals surface area contributed by atoms with Crippen molar-refractivity contribution in [2.75, 3.05) is 0 Å². The molecule has 6 heteroatoms. The maximum Gasteiger partial charge on any atom is 0.256 e. The third-order valence-electron chi connectivity index (χ3n) is 4.36. The molecule has 3 rings (SSSR count). The van der Waals surface area contributed by atoms with Crippen molar-refractivity contribution in [2.24, 2.45) is 5.41 Å². The summed E-state index contributed by atoms with van der Waals surface area (Å²) in [6, 6.07) is 5.45. The molecule has 0 saturated carbocycles. The van der Waals surface area contributed by atoms with E-state index < -0.39 is 6.04 Å². The van der Waals surface area contributed by atoms with Gasteiger partial charge < -0.3 is 4.90 Å². The number of nitrogens with one attached hydrogen (secondary N) is 1. The molecule has 24 heavy (non-hydrogen) atoms. The molecule has 1 aromatic carbocycles. The first-order chi connectivity index (χ1) is 11.2. The third kappa shape index (κ3) is 3.20. The van der Waals surface area contributed by atoms with Gasteiger partial charge in [0.05, 0.1) is 0 Å². The summed E-state index contributed by atoms with van der Waals surface area (Å²) < 4.78 is -0.183. The van der Waals surface area contributed by atoms with Gasteiger partial charge in [0, 0.05) is 12.0 Å². The lowest BCUT2D eigenvalue weighted by Gasteiger charge is -2.32. The molecule has 0 bridgehead atoms. The van der Waals surface area contributed by atoms with E-state index in [4.69, 9.17) is 0 Å². The smallest absolute Gasteiger partial charge is 0.256 e. The molecule has 0 aliphatic carbocycles. The Kier molecular flexibility index (Phi) is 4.44. The van der Waals surface area contributed by atoms with Crippen LogP contribution < -0.4 is 5.32 Å². The summed E-state index contributed by atoms with van der Waals surface area (Å²) in [6.45, 7) is 6.50. The number of imide groups is 1. The Hall–Kier alpha value is -1.44. The van der Waals surface area contributed by atoms with Gasteiger partial charge in [0.15, 0.2) is 0 Å². The second-order valence-corrected chi connectivity index (χ2v) is 8.85. The Morgan fingerprint density at radius 2 is 1.96 bits per heavy atom. The first-order valence-electron chi connectivity index (χ1n) is 8.10. The van der Waals surface area contributed by atoms with Crippen LogP contribution in [0.3, 0.4) is 0 Å². The molecule has 128 valence electrons. The Morgan fingerprint density at radius 3 is 2.58 bits per heavy atom. The van der Waals surface area contributed by atoms with Crippen LogP contribution in [0.2, 0.25) is 0 Å². The Morgan fingerprint density at radius 1 is 1.25 bits per heavy atom. The average molecular weight is 440 g/mol. The summed E-state index contributed by atoms with van der Waals surface area (Å²) in [5, 5.41) is 2.34. The predicted molar refractivity (Wildman–Crippen MR) is 98.7 cm³/mol. The number of carbonyl (C=O) groups excluding carboxylic acids is 3. The van der Waals surface area contributed by atoms with Crippen molar-refractivity contribution in [3.8, 4) is 0 Å². The summed E-state index contributed by atoms with van der Waals surface area (Å²) in [5.41, 5.74) is 2.90. The summed E-state index contributed by atoms with van der Waals surface area (Å²) >= 11 is 2.20. The molecule has 1 N–H and O–H groups in total. The summed E-state index contributed by atoms with van der Waals surface area (Å²) in [5.74, 6) is -0.753. The first kappa shape index (κ1) is 17.4. The number of hydrogen-bond donors (Lipinski definition) is 1. The largest absolute Gasteiger partial charge is 0.311 e. The number of amides is 3. The summed E-state index contributed by atoms with van der Waals surface area (Å²) in [7, 11) is 0. The SMILES string of the molecule is CC(C)(C)Cc1ccc2c(c1)C(=O)N(C1CCC(=O)NC1=O)C2I. The summed E-state index contributed by atoms with van der Waals surface area (Å²) in [4.78, 5) is 38.0. The minimum Gasteiger partial charge on any atom is -0.311 e. The number of halogens is 1. The maximum absolute atomic E-state index is 12.9. The zero-order chi connectivity index (χ0) is 17.6. The third-order valence-corrected chi connectivity index (χ3v) is 5.63. The van der Waals surface area contributed by atoms with Crippen LogP contribution in [0.4, 0.5) is 0 Å². The van der Waals surface area contributed by atoms with E-state index in [0.717, 1.165) is 17.5 Å². The van der Waals surface area contributed by atoms with Gasteiger partial charge in [-0.2, -0.15) is 0 Å². The first-order valence-corrected chi connectivity index (χ1v) is 9.35. The van der Waals surface area contributed by atoms with E-state index in [0.29, 0.717) is 12.0 Å². The Bertz CT molecular complexity index is 723. The van der Waals surface area contributed by atoms with Gasteiger partial charge in [-0.15, -0.1) is 0 Å². The van der Waals surface area contributed by atoms with Crippen molar-refractivity contribution in [1.82, 2.24) is 10.2 Å². The molecule has 2 heterocycles. The molecule has 1 saturated heterocycles. The number of fused-ring (bicyclic) bond motifs is 1. The molecule has 2 atom stereocenters. The van der Waals surface area contributed by atoms with E-state index in [2.05, 4.69) is 54.7 Å². The van der Waals surface area contributed by atoms with Crippen LogP contribution in [0, 0.1) is 5.41 Å². The lowest BCUT2D eigenvalue weighted by Crippen LogP contribution is -2.52. The van der Waals surface area contributed by atoms with E-state index in [1.165, 1.54) is 0 Å². The highest BCUT2D eigenvalue weighted by molar-refractivity contribution is 14.1. The number of piperidine rings is 1. The number of nitrogens with zero attached hydrogens (tertiary/aromatic N) is 1. The lowest BCUT2D eigenvalue weighted by molar-refractivity contribution is -0.136. The fourth-order valence-corrected chi connectivity index (χ4v) is 4.54. The molecule has 0 spiro atoms. The van der Waals surface area contributed by atoms with Gasteiger partial charge in [0.25, 0.3) is 5.91 Å². The maximum atomic E-state index is 12.9. The van der Waals surface area contributed by atoms with Gasteiger partial charge in [0.2, 0.25) is 11.8 Å². The molecule has 2 aliphatic rings. The number of rotatable bonds is 2. The lowest BCUT2D eigenvalue weighted by atomic mass is 9.87. The van der Waals surface area contributed by atoms with Crippen LogP contribution in [-0.4, -0.2) is 28.7 Å². The van der Waals surface area contributed by atoms with Crippen molar-refractivity contribution in [3.63, 3.8) is 0 Å². The average Bonchev–Trinajstić information content (AvgIpc) is 2.70. The van der Waals surface area contributed by atoms with Crippen LogP contribution >= 0.6 is 22.6 Å². The highest BCUT2D eigenvalue weighted by Crippen LogP contribution is 2.41. The molecule has 5 nitrogen and oxygen atoms in total. The van der Waals surface area contributed by atoms with E-state index in [1.54, 1.807) is 4.90 Å². The normalized spacial score (nSPS) is 24.2. The molecule has 1 fully saturated rings. The van der Waals surface area contributed by atoms with E-state index in [-0.39, 0.29) is 33.6 Å². The van der Waals surface area contributed by atoms with Crippen molar-refractivity contribution in [1.29, 1.82) is 0 Å². The molecule has 2 unspecified atom stereocenters. The van der Waals surface area contributed by atoms with Crippen LogP contribution in [0.25, 0.3) is 0 Å². The zero-order valence-corrected chi connectivity index (χ0v) is 16.2. The highest BCUT2D eigenvalue weighted by atomic mass is 127. The number of benzene rings is 1. The van der Waals surface area contributed by atoms with E-state index in [1.807, 2.05) is 12.1 Å². The van der Waals surface area contributed by atoms with Crippen LogP contribution in [0.15, 0.2) is 18.2 Å². The van der Waals surface area contributed by atoms with Crippen LogP contribution in [0.1, 0.15) is 59.1 Å². The predicted octanol–water partition coefficient (Wildman–Crippen LogP) is 2.97. The van der Waals surface area contributed by atoms with Gasteiger partial charge >= 0.3 is 0 Å². The minimum absolute atomic E-state index is 0.116. The van der Waals surface area contributed by atoms with Crippen molar-refractivity contribution >= 4 is 40.3 Å². The highest BCUT2D eigenvalue weighted by Gasteiger charge is 2.43. The van der Waals surface area contributed by atoms with E-state index >= 15 is 0 Å². The monoisotopic (exact) mass is 440 g/mol. The number of carbonyl (C=O) groups is 3. The van der Waals surface area contributed by atoms with Gasteiger partial charge in [-0.05, 0) is 35.4 Å². The Balaban J connectivity index is 1.89. The number of hydrogen-bond acceptors (Lipinski definition) is 3. The fraction of sp³-hybridized carbons (Fsp3) is 0.500. The molecule has 3 amide bonds. The summed E-state index contributed by atoms with van der Waals surface area (Å²) in [6.07, 6.45) is 1.55. The second-order valence-electron chi connectivity index (χ2n) is 7.67. The quantitative estimate of drug-likeness (QED) is 0.333. The number of alkyl halides is 1. The zero-order valence-electron chi connectivity index (χ0n) is 14.1. The van der Waals surface area contributed by atoms with Crippen molar-refractivity contribution < 1.29 is 14.4 Å². The molecule has 0 aromatic heterocycles. The molecular formula is C18H21IN2O3. The second kappa shape index (κ2) is 6.13. The van der Waals surface area contributed by atoms with Gasteiger partial charge in [-0.25, -0.2) is 0 Å². The van der Waals surface area contributed by atoms with Crippen LogP contribution in [-0.2, 0) is 16.0 Å². The molecular weight excluding hydrogens is 419 g/mol. The van der Waals surface area contributed by atoms with Crippen LogP contribution in [0.5, 0.6) is 0 Å². The topological polar surface area (TPSA) is 66.5 Å².